The van der Waals surface area contributed by atoms with Gasteiger partial charge in [-0.3, -0.25) is 14.4 Å². The van der Waals surface area contributed by atoms with Crippen molar-refractivity contribution in [3.63, 3.8) is 0 Å². The highest BCUT2D eigenvalue weighted by Gasteiger charge is 2.29. The Bertz CT molecular complexity index is 1490. The first kappa shape index (κ1) is 30.1. The molecule has 0 saturated carbocycles. The summed E-state index contributed by atoms with van der Waals surface area (Å²) in [6, 6.07) is 17.8. The lowest BCUT2D eigenvalue weighted by Crippen LogP contribution is -2.46. The van der Waals surface area contributed by atoms with E-state index in [1.807, 2.05) is 49.4 Å². The van der Waals surface area contributed by atoms with E-state index in [1.165, 1.54) is 14.0 Å². The van der Waals surface area contributed by atoms with Crippen LogP contribution in [0.1, 0.15) is 37.0 Å². The van der Waals surface area contributed by atoms with Crippen molar-refractivity contribution in [3.05, 3.63) is 77.4 Å². The molecule has 4 amide bonds. The number of methoxy groups -OCH3 is 1. The number of carbonyl (C=O) groups excluding carboxylic acids is 4. The number of esters is 1. The summed E-state index contributed by atoms with van der Waals surface area (Å²) in [7, 11) is 1.50. The van der Waals surface area contributed by atoms with E-state index in [2.05, 4.69) is 10.6 Å². The fourth-order valence-corrected chi connectivity index (χ4v) is 4.88. The highest BCUT2D eigenvalue weighted by Crippen LogP contribution is 2.35. The summed E-state index contributed by atoms with van der Waals surface area (Å²) in [5.41, 5.74) is 4.97. The van der Waals surface area contributed by atoms with Crippen LogP contribution in [0.15, 0.2) is 60.7 Å². The first-order chi connectivity index (χ1) is 20.2. The van der Waals surface area contributed by atoms with Gasteiger partial charge in [0.05, 0.1) is 37.2 Å². The first-order valence-electron chi connectivity index (χ1n) is 13.9. The number of anilines is 4. The summed E-state index contributed by atoms with van der Waals surface area (Å²) in [4.78, 5) is 53.7. The second kappa shape index (κ2) is 13.7. The molecule has 10 heteroatoms. The summed E-state index contributed by atoms with van der Waals surface area (Å²) in [5, 5.41) is 5.63. The van der Waals surface area contributed by atoms with Crippen molar-refractivity contribution in [1.82, 2.24) is 0 Å². The van der Waals surface area contributed by atoms with Gasteiger partial charge in [-0.05, 0) is 67.3 Å². The zero-order chi connectivity index (χ0) is 30.2. The van der Waals surface area contributed by atoms with Crippen LogP contribution in [0.5, 0.6) is 5.75 Å². The van der Waals surface area contributed by atoms with Crippen molar-refractivity contribution in [3.8, 4) is 5.75 Å². The molecule has 0 bridgehead atoms. The van der Waals surface area contributed by atoms with Gasteiger partial charge in [0.15, 0.2) is 0 Å². The van der Waals surface area contributed by atoms with Gasteiger partial charge in [-0.2, -0.15) is 0 Å². The van der Waals surface area contributed by atoms with Crippen molar-refractivity contribution in [2.24, 2.45) is 0 Å². The Kier molecular flexibility index (Phi) is 9.80. The third-order valence-corrected chi connectivity index (χ3v) is 7.04. The van der Waals surface area contributed by atoms with Gasteiger partial charge in [-0.1, -0.05) is 30.3 Å². The predicted octanol–water partition coefficient (Wildman–Crippen LogP) is 5.09. The van der Waals surface area contributed by atoms with Crippen LogP contribution in [0.3, 0.4) is 0 Å². The maximum atomic E-state index is 13.5. The zero-order valence-electron chi connectivity index (χ0n) is 24.4. The third kappa shape index (κ3) is 7.25. The van der Waals surface area contributed by atoms with Gasteiger partial charge in [0, 0.05) is 32.1 Å². The average Bonchev–Trinajstić information content (AvgIpc) is 2.97. The van der Waals surface area contributed by atoms with Gasteiger partial charge in [0.25, 0.3) is 0 Å². The number of urea groups is 1. The molecule has 0 fully saturated rings. The molecule has 1 aliphatic heterocycles. The van der Waals surface area contributed by atoms with Crippen LogP contribution >= 0.6 is 0 Å². The first-order valence-corrected chi connectivity index (χ1v) is 13.9. The van der Waals surface area contributed by atoms with Crippen LogP contribution in [0.2, 0.25) is 0 Å². The summed E-state index contributed by atoms with van der Waals surface area (Å²) >= 11 is 0. The molecule has 0 atom stereocenters. The quantitative estimate of drug-likeness (QED) is 0.345. The number of aryl methyl sites for hydroxylation is 2. The molecule has 0 saturated heterocycles. The Morgan fingerprint density at radius 1 is 0.857 bits per heavy atom. The Morgan fingerprint density at radius 2 is 1.57 bits per heavy atom. The molecule has 0 unspecified atom stereocenters. The number of hydrogen-bond acceptors (Lipinski definition) is 6. The summed E-state index contributed by atoms with van der Waals surface area (Å²) in [6.45, 7) is 6.20. The molecule has 0 radical (unpaired) electrons. The minimum atomic E-state index is -0.409. The lowest BCUT2D eigenvalue weighted by atomic mass is 10.0. The van der Waals surface area contributed by atoms with Gasteiger partial charge < -0.3 is 29.9 Å². The zero-order valence-corrected chi connectivity index (χ0v) is 24.4. The van der Waals surface area contributed by atoms with Crippen molar-refractivity contribution < 1.29 is 28.7 Å². The maximum Gasteiger partial charge on any atom is 0.323 e. The Labute approximate surface area is 245 Å². The number of nitrogens with one attached hydrogen (secondary N) is 2. The number of ether oxygens (including phenoxy) is 2. The molecule has 0 spiro atoms. The van der Waals surface area contributed by atoms with Crippen LogP contribution in [0, 0.1) is 6.92 Å². The maximum absolute atomic E-state index is 13.5. The lowest BCUT2D eigenvalue weighted by Gasteiger charge is -2.36. The second-order valence-corrected chi connectivity index (χ2v) is 9.95. The number of rotatable bonds is 9. The number of nitrogens with zero attached hydrogens (tertiary/aromatic N) is 2. The molecule has 3 aromatic carbocycles. The minimum Gasteiger partial charge on any atom is -0.495 e. The number of para-hydroxylation sites is 1. The number of carbonyl (C=O) groups is 4. The number of hydrogen-bond donors (Lipinski definition) is 2. The summed E-state index contributed by atoms with van der Waals surface area (Å²) in [5.74, 6) is -0.115. The molecule has 1 heterocycles. The molecule has 0 aliphatic carbocycles. The largest absolute Gasteiger partial charge is 0.495 e. The molecule has 0 aromatic heterocycles. The van der Waals surface area contributed by atoms with E-state index in [1.54, 1.807) is 34.9 Å². The van der Waals surface area contributed by atoms with Crippen LogP contribution in [-0.4, -0.2) is 50.6 Å². The van der Waals surface area contributed by atoms with E-state index in [0.29, 0.717) is 60.2 Å². The van der Waals surface area contributed by atoms with Crippen molar-refractivity contribution in [2.45, 2.75) is 40.0 Å². The molecule has 4 rings (SSSR count). The Morgan fingerprint density at radius 3 is 2.29 bits per heavy atom. The number of amides is 4. The van der Waals surface area contributed by atoms with E-state index in [4.69, 9.17) is 9.47 Å². The van der Waals surface area contributed by atoms with Gasteiger partial charge in [-0.15, -0.1) is 0 Å². The van der Waals surface area contributed by atoms with Crippen LogP contribution in [0.4, 0.5) is 27.5 Å². The highest BCUT2D eigenvalue weighted by atomic mass is 16.5. The minimum absolute atomic E-state index is 0.0934. The van der Waals surface area contributed by atoms with Crippen LogP contribution < -0.4 is 25.2 Å². The number of benzene rings is 3. The molecule has 220 valence electrons. The summed E-state index contributed by atoms with van der Waals surface area (Å²) < 4.78 is 10.5. The third-order valence-electron chi connectivity index (χ3n) is 7.04. The molecule has 42 heavy (non-hydrogen) atoms. The normalized spacial score (nSPS) is 12.3. The van der Waals surface area contributed by atoms with Crippen molar-refractivity contribution >= 4 is 46.6 Å². The molecule has 2 N–H and O–H groups in total. The smallest absolute Gasteiger partial charge is 0.323 e. The Hall–Kier alpha value is -4.86. The van der Waals surface area contributed by atoms with Crippen LogP contribution in [-0.2, 0) is 32.0 Å². The van der Waals surface area contributed by atoms with Crippen LogP contribution in [0.25, 0.3) is 0 Å². The summed E-state index contributed by atoms with van der Waals surface area (Å²) in [6.07, 6.45) is 0.792. The SMILES string of the molecule is CCOC(=O)CCc1ccc2c(c1)N(C(C)=O)CCN2C(=O)Cc1ccc(NC(=O)Nc2ccccc2C)c(OC)c1. The molecular formula is C32H36N4O6. The molecule has 1 aliphatic rings. The van der Waals surface area contributed by atoms with E-state index in [-0.39, 0.29) is 30.6 Å². The van der Waals surface area contributed by atoms with Crippen molar-refractivity contribution in [2.75, 3.05) is 47.2 Å². The van der Waals surface area contributed by atoms with Crippen molar-refractivity contribution in [1.29, 1.82) is 0 Å². The number of fused-ring (bicyclic) bond motifs is 1. The fraction of sp³-hybridized carbons (Fsp3) is 0.312. The standard InChI is InChI=1S/C32H36N4O6/c1-5-42-31(39)15-12-23-11-14-27-28(18-23)35(22(3)37)16-17-36(27)30(38)20-24-10-13-26(29(19-24)41-4)34-32(40)33-25-9-7-6-8-21(25)2/h6-11,13-14,18-19H,5,12,15-17,20H2,1-4H3,(H2,33,34,40). The topological polar surface area (TPSA) is 117 Å². The Balaban J connectivity index is 1.48. The molecule has 3 aromatic rings. The van der Waals surface area contributed by atoms with Gasteiger partial charge in [0.1, 0.15) is 5.75 Å². The van der Waals surface area contributed by atoms with Gasteiger partial charge in [0.2, 0.25) is 11.8 Å². The lowest BCUT2D eigenvalue weighted by molar-refractivity contribution is -0.143. The molecule has 10 nitrogen and oxygen atoms in total. The van der Waals surface area contributed by atoms with Gasteiger partial charge >= 0.3 is 12.0 Å². The average molecular weight is 573 g/mol. The van der Waals surface area contributed by atoms with E-state index >= 15 is 0 Å². The monoisotopic (exact) mass is 572 g/mol. The second-order valence-electron chi connectivity index (χ2n) is 9.95. The van der Waals surface area contributed by atoms with E-state index in [9.17, 15) is 19.2 Å². The van der Waals surface area contributed by atoms with E-state index < -0.39 is 6.03 Å². The fourth-order valence-electron chi connectivity index (χ4n) is 4.88. The van der Waals surface area contributed by atoms with Gasteiger partial charge in [-0.25, -0.2) is 4.79 Å². The predicted molar refractivity (Wildman–Crippen MR) is 162 cm³/mol. The van der Waals surface area contributed by atoms with E-state index in [0.717, 1.165) is 11.1 Å². The highest BCUT2D eigenvalue weighted by molar-refractivity contribution is 6.04. The molecular weight excluding hydrogens is 536 g/mol.